The van der Waals surface area contributed by atoms with Crippen LogP contribution in [0.5, 0.6) is 0 Å². The van der Waals surface area contributed by atoms with Crippen molar-refractivity contribution in [1.82, 2.24) is 20.2 Å². The Labute approximate surface area is 185 Å². The Balaban J connectivity index is 1.82. The highest BCUT2D eigenvalue weighted by Gasteiger charge is 2.32. The van der Waals surface area contributed by atoms with E-state index in [1.807, 2.05) is 31.2 Å². The number of carbonyl (C=O) groups is 3. The maximum atomic E-state index is 13.1. The third-order valence-corrected chi connectivity index (χ3v) is 5.21. The summed E-state index contributed by atoms with van der Waals surface area (Å²) < 4.78 is 0. The number of benzene rings is 1. The molecule has 32 heavy (non-hydrogen) atoms. The number of aromatic amines is 1. The Morgan fingerprint density at radius 1 is 1.12 bits per heavy atom. The third kappa shape index (κ3) is 4.18. The van der Waals surface area contributed by atoms with Gasteiger partial charge in [0, 0.05) is 37.1 Å². The van der Waals surface area contributed by atoms with E-state index in [-0.39, 0.29) is 30.8 Å². The average Bonchev–Trinajstić information content (AvgIpc) is 3.13. The van der Waals surface area contributed by atoms with E-state index in [9.17, 15) is 14.4 Å². The van der Waals surface area contributed by atoms with E-state index in [2.05, 4.69) is 25.9 Å². The molecule has 1 aliphatic rings. The summed E-state index contributed by atoms with van der Waals surface area (Å²) in [5, 5.41) is 8.62. The first kappa shape index (κ1) is 21.1. The van der Waals surface area contributed by atoms with Gasteiger partial charge in [-0.15, -0.1) is 0 Å². The van der Waals surface area contributed by atoms with Gasteiger partial charge in [0.15, 0.2) is 5.78 Å². The zero-order valence-electron chi connectivity index (χ0n) is 18.1. The predicted octanol–water partition coefficient (Wildman–Crippen LogP) is 3.42. The first-order valence-corrected chi connectivity index (χ1v) is 10.2. The largest absolute Gasteiger partial charge is 0.355 e. The molecule has 0 fully saturated rings. The van der Waals surface area contributed by atoms with Crippen LogP contribution in [0.2, 0.25) is 0 Å². The van der Waals surface area contributed by atoms with Crippen molar-refractivity contribution in [3.8, 4) is 11.3 Å². The summed E-state index contributed by atoms with van der Waals surface area (Å²) in [4.78, 5) is 45.7. The highest BCUT2D eigenvalue weighted by molar-refractivity contribution is 6.09. The van der Waals surface area contributed by atoms with Crippen LogP contribution in [0, 0.1) is 6.92 Å². The van der Waals surface area contributed by atoms with Crippen molar-refractivity contribution in [2.45, 2.75) is 20.4 Å². The van der Waals surface area contributed by atoms with Crippen molar-refractivity contribution in [3.05, 3.63) is 59.4 Å². The van der Waals surface area contributed by atoms with Gasteiger partial charge in [-0.3, -0.25) is 9.59 Å². The van der Waals surface area contributed by atoms with Gasteiger partial charge in [0.2, 0.25) is 5.91 Å². The molecular formula is C23H24N6O3. The quantitative estimate of drug-likeness (QED) is 0.504. The molecule has 9 nitrogen and oxygen atoms in total. The van der Waals surface area contributed by atoms with Crippen molar-refractivity contribution < 1.29 is 14.4 Å². The third-order valence-electron chi connectivity index (χ3n) is 5.21. The van der Waals surface area contributed by atoms with Crippen molar-refractivity contribution in [2.75, 3.05) is 24.2 Å². The highest BCUT2D eigenvalue weighted by atomic mass is 16.2. The molecule has 3 aromatic rings. The second kappa shape index (κ2) is 8.54. The van der Waals surface area contributed by atoms with Crippen molar-refractivity contribution in [1.29, 1.82) is 0 Å². The van der Waals surface area contributed by atoms with Crippen molar-refractivity contribution >= 4 is 34.9 Å². The molecule has 1 aromatic carbocycles. The normalized spacial score (nSPS) is 12.8. The number of rotatable bonds is 4. The van der Waals surface area contributed by atoms with E-state index in [0.29, 0.717) is 28.5 Å². The van der Waals surface area contributed by atoms with Crippen LogP contribution in [-0.4, -0.2) is 46.2 Å². The first-order valence-electron chi connectivity index (χ1n) is 10.2. The van der Waals surface area contributed by atoms with Crippen LogP contribution in [0.3, 0.4) is 0 Å². The molecule has 0 bridgehead atoms. The van der Waals surface area contributed by atoms with Crippen LogP contribution in [0.4, 0.5) is 22.0 Å². The van der Waals surface area contributed by atoms with Gasteiger partial charge in [0.1, 0.15) is 5.82 Å². The molecule has 0 unspecified atom stereocenters. The standard InChI is InChI=1S/C23H24N6O3/c1-13-4-6-16(7-5-13)27-22-20-17(11-29(12-18(20)31)23(32)24-3)28-21(22)15-8-9-25-19(10-15)26-14(2)30/h4-10,27-28H,11-12H2,1-3H3,(H,24,32)(H,25,26,30). The predicted molar refractivity (Wildman–Crippen MR) is 122 cm³/mol. The van der Waals surface area contributed by atoms with E-state index in [1.54, 1.807) is 18.3 Å². The highest BCUT2D eigenvalue weighted by Crippen LogP contribution is 2.38. The zero-order chi connectivity index (χ0) is 22.8. The summed E-state index contributed by atoms with van der Waals surface area (Å²) in [6.07, 6.45) is 1.59. The second-order valence-corrected chi connectivity index (χ2v) is 7.66. The smallest absolute Gasteiger partial charge is 0.317 e. The Bertz CT molecular complexity index is 1200. The fourth-order valence-corrected chi connectivity index (χ4v) is 3.74. The molecule has 0 saturated heterocycles. The molecular weight excluding hydrogens is 408 g/mol. The van der Waals surface area contributed by atoms with Crippen molar-refractivity contribution in [3.63, 3.8) is 0 Å². The maximum absolute atomic E-state index is 13.1. The molecule has 2 aromatic heterocycles. The molecule has 0 saturated carbocycles. The van der Waals surface area contributed by atoms with Crippen LogP contribution >= 0.6 is 0 Å². The van der Waals surface area contributed by atoms with Crippen molar-refractivity contribution in [2.24, 2.45) is 0 Å². The summed E-state index contributed by atoms with van der Waals surface area (Å²) in [5.41, 5.74) is 5.18. The number of amides is 3. The fourth-order valence-electron chi connectivity index (χ4n) is 3.74. The molecule has 1 aliphatic heterocycles. The van der Waals surface area contributed by atoms with Gasteiger partial charge >= 0.3 is 6.03 Å². The van der Waals surface area contributed by atoms with Crippen LogP contribution in [-0.2, 0) is 11.3 Å². The van der Waals surface area contributed by atoms with E-state index in [4.69, 9.17) is 0 Å². The van der Waals surface area contributed by atoms with Gasteiger partial charge in [-0.25, -0.2) is 9.78 Å². The lowest BCUT2D eigenvalue weighted by Gasteiger charge is -2.26. The van der Waals surface area contributed by atoms with Crippen LogP contribution < -0.4 is 16.0 Å². The molecule has 4 N–H and O–H groups in total. The maximum Gasteiger partial charge on any atom is 0.317 e. The first-order chi connectivity index (χ1) is 15.4. The lowest BCUT2D eigenvalue weighted by Crippen LogP contribution is -2.43. The Hall–Kier alpha value is -4.14. The SMILES string of the molecule is CNC(=O)N1CC(=O)c2c([nH]c(-c3ccnc(NC(C)=O)c3)c2Nc2ccc(C)cc2)C1. The number of anilines is 3. The van der Waals surface area contributed by atoms with E-state index >= 15 is 0 Å². The molecule has 3 heterocycles. The minimum atomic E-state index is -0.315. The minimum absolute atomic E-state index is 0.0139. The number of hydrogen-bond acceptors (Lipinski definition) is 5. The number of nitrogens with one attached hydrogen (secondary N) is 4. The van der Waals surface area contributed by atoms with Gasteiger partial charge < -0.3 is 25.8 Å². The molecule has 0 spiro atoms. The second-order valence-electron chi connectivity index (χ2n) is 7.66. The molecule has 9 heteroatoms. The molecule has 3 amide bonds. The zero-order valence-corrected chi connectivity index (χ0v) is 18.1. The monoisotopic (exact) mass is 432 g/mol. The molecule has 0 aliphatic carbocycles. The molecule has 0 radical (unpaired) electrons. The van der Waals surface area contributed by atoms with Gasteiger partial charge in [-0.2, -0.15) is 0 Å². The number of aryl methyl sites for hydroxylation is 1. The topological polar surface area (TPSA) is 119 Å². The van der Waals surface area contributed by atoms with Gasteiger partial charge in [-0.1, -0.05) is 17.7 Å². The van der Waals surface area contributed by atoms with E-state index in [0.717, 1.165) is 16.8 Å². The Morgan fingerprint density at radius 2 is 1.88 bits per heavy atom. The van der Waals surface area contributed by atoms with Gasteiger partial charge in [0.05, 0.1) is 30.0 Å². The number of ketones is 1. The average molecular weight is 432 g/mol. The molecule has 0 atom stereocenters. The molecule has 4 rings (SSSR count). The Morgan fingerprint density at radius 3 is 2.56 bits per heavy atom. The summed E-state index contributed by atoms with van der Waals surface area (Å²) >= 11 is 0. The number of fused-ring (bicyclic) bond motifs is 1. The number of urea groups is 1. The number of aromatic nitrogens is 2. The summed E-state index contributed by atoms with van der Waals surface area (Å²) in [5.74, 6) is 0.0140. The van der Waals surface area contributed by atoms with Gasteiger partial charge in [-0.05, 0) is 31.2 Å². The number of hydrogen-bond donors (Lipinski definition) is 4. The number of Topliss-reactive ketones (excluding diaryl/α,β-unsaturated/α-hetero) is 1. The van der Waals surface area contributed by atoms with E-state index in [1.165, 1.54) is 18.9 Å². The van der Waals surface area contributed by atoms with Crippen LogP contribution in [0.15, 0.2) is 42.6 Å². The lowest BCUT2D eigenvalue weighted by atomic mass is 10.0. The minimum Gasteiger partial charge on any atom is -0.355 e. The lowest BCUT2D eigenvalue weighted by molar-refractivity contribution is -0.114. The fraction of sp³-hybridized carbons (Fsp3) is 0.217. The number of nitrogens with zero attached hydrogens (tertiary/aromatic N) is 2. The molecule has 164 valence electrons. The van der Waals surface area contributed by atoms with Gasteiger partial charge in [0.25, 0.3) is 0 Å². The van der Waals surface area contributed by atoms with Crippen LogP contribution in [0.25, 0.3) is 11.3 Å². The number of carbonyl (C=O) groups excluding carboxylic acids is 3. The number of pyridine rings is 1. The van der Waals surface area contributed by atoms with E-state index < -0.39 is 0 Å². The summed E-state index contributed by atoms with van der Waals surface area (Å²) in [6, 6.07) is 11.1. The summed E-state index contributed by atoms with van der Waals surface area (Å²) in [6.45, 7) is 3.68. The summed E-state index contributed by atoms with van der Waals surface area (Å²) in [7, 11) is 1.54. The van der Waals surface area contributed by atoms with Crippen LogP contribution in [0.1, 0.15) is 28.5 Å². The number of H-pyrrole nitrogens is 1. The Kier molecular flexibility index (Phi) is 5.63.